The predicted octanol–water partition coefficient (Wildman–Crippen LogP) is 3.91. The van der Waals surface area contributed by atoms with E-state index in [9.17, 15) is 0 Å². The third-order valence-corrected chi connectivity index (χ3v) is 4.28. The number of ether oxygens (including phenoxy) is 1. The monoisotopic (exact) mass is 291 g/mol. The first kappa shape index (κ1) is 16.1. The van der Waals surface area contributed by atoms with Crippen LogP contribution in [0.5, 0.6) is 5.88 Å². The van der Waals surface area contributed by atoms with Crippen LogP contribution in [-0.4, -0.2) is 16.1 Å². The Morgan fingerprint density at radius 2 is 2.00 bits per heavy atom. The summed E-state index contributed by atoms with van der Waals surface area (Å²) in [5, 5.41) is 0. The molecule has 1 fully saturated rings. The molecule has 1 aliphatic rings. The van der Waals surface area contributed by atoms with Gasteiger partial charge in [0.05, 0.1) is 5.56 Å². The van der Waals surface area contributed by atoms with Gasteiger partial charge in [-0.15, -0.1) is 0 Å². The molecule has 2 N–H and O–H groups in total. The minimum Gasteiger partial charge on any atom is -0.474 e. The van der Waals surface area contributed by atoms with Crippen LogP contribution in [0.2, 0.25) is 0 Å². The van der Waals surface area contributed by atoms with Crippen molar-refractivity contribution < 1.29 is 4.74 Å². The van der Waals surface area contributed by atoms with E-state index in [0.29, 0.717) is 23.0 Å². The van der Waals surface area contributed by atoms with Crippen molar-refractivity contribution in [2.24, 2.45) is 11.3 Å². The first-order chi connectivity index (χ1) is 9.80. The first-order valence-electron chi connectivity index (χ1n) is 8.10. The molecule has 1 heterocycles. The van der Waals surface area contributed by atoms with Gasteiger partial charge in [0, 0.05) is 6.42 Å². The number of nitrogens with two attached hydrogens (primary N) is 1. The minimum atomic E-state index is 0.228. The van der Waals surface area contributed by atoms with Crippen LogP contribution in [0.1, 0.15) is 64.8 Å². The summed E-state index contributed by atoms with van der Waals surface area (Å²) in [6.45, 7) is 11.0. The van der Waals surface area contributed by atoms with Crippen molar-refractivity contribution in [1.82, 2.24) is 9.97 Å². The molecule has 1 aromatic rings. The summed E-state index contributed by atoms with van der Waals surface area (Å²) in [7, 11) is 0. The number of nitrogen functional groups attached to an aromatic ring is 1. The number of nitrogens with zero attached hydrogens (tertiary/aromatic N) is 2. The molecule has 4 nitrogen and oxygen atoms in total. The zero-order valence-corrected chi connectivity index (χ0v) is 14.1. The van der Waals surface area contributed by atoms with Gasteiger partial charge in [-0.3, -0.25) is 0 Å². The third kappa shape index (κ3) is 4.08. The van der Waals surface area contributed by atoms with Crippen LogP contribution in [-0.2, 0) is 6.42 Å². The topological polar surface area (TPSA) is 61.0 Å². The van der Waals surface area contributed by atoms with Crippen molar-refractivity contribution in [3.05, 3.63) is 11.4 Å². The van der Waals surface area contributed by atoms with Crippen LogP contribution in [0.3, 0.4) is 0 Å². The van der Waals surface area contributed by atoms with Crippen LogP contribution in [0.25, 0.3) is 0 Å². The molecule has 2 rings (SSSR count). The highest BCUT2D eigenvalue weighted by Crippen LogP contribution is 2.40. The van der Waals surface area contributed by atoms with Crippen LogP contribution in [0, 0.1) is 18.3 Å². The Bertz CT molecular complexity index is 499. The number of hydrogen-bond acceptors (Lipinski definition) is 4. The molecular formula is C17H29N3O. The van der Waals surface area contributed by atoms with E-state index in [1.165, 1.54) is 6.42 Å². The van der Waals surface area contributed by atoms with E-state index in [-0.39, 0.29) is 6.10 Å². The van der Waals surface area contributed by atoms with Gasteiger partial charge in [-0.05, 0) is 43.9 Å². The van der Waals surface area contributed by atoms with Gasteiger partial charge in [0.2, 0.25) is 5.88 Å². The van der Waals surface area contributed by atoms with Crippen LogP contribution in [0.4, 0.5) is 5.82 Å². The largest absolute Gasteiger partial charge is 0.474 e. The summed E-state index contributed by atoms with van der Waals surface area (Å²) < 4.78 is 6.23. The Balaban J connectivity index is 2.18. The van der Waals surface area contributed by atoms with Gasteiger partial charge in [0.15, 0.2) is 0 Å². The molecular weight excluding hydrogens is 262 g/mol. The summed E-state index contributed by atoms with van der Waals surface area (Å²) in [6.07, 6.45) is 5.51. The molecule has 0 aromatic carbocycles. The predicted molar refractivity (Wildman–Crippen MR) is 86.4 cm³/mol. The number of hydrogen-bond donors (Lipinski definition) is 1. The molecule has 0 radical (unpaired) electrons. The molecule has 0 aliphatic heterocycles. The molecule has 0 bridgehead atoms. The van der Waals surface area contributed by atoms with Crippen molar-refractivity contribution in [2.45, 2.75) is 72.8 Å². The maximum Gasteiger partial charge on any atom is 0.222 e. The van der Waals surface area contributed by atoms with E-state index in [2.05, 4.69) is 37.7 Å². The maximum absolute atomic E-state index is 6.23. The fraction of sp³-hybridized carbons (Fsp3) is 0.765. The summed E-state index contributed by atoms with van der Waals surface area (Å²) in [6, 6.07) is 0. The lowest BCUT2D eigenvalue weighted by Gasteiger charge is -2.38. The van der Waals surface area contributed by atoms with Gasteiger partial charge >= 0.3 is 0 Å². The molecule has 2 unspecified atom stereocenters. The van der Waals surface area contributed by atoms with Crippen molar-refractivity contribution in [3.63, 3.8) is 0 Å². The first-order valence-corrected chi connectivity index (χ1v) is 8.10. The van der Waals surface area contributed by atoms with E-state index < -0.39 is 0 Å². The summed E-state index contributed by atoms with van der Waals surface area (Å²) in [4.78, 5) is 8.92. The van der Waals surface area contributed by atoms with Crippen molar-refractivity contribution in [3.8, 4) is 5.88 Å². The molecule has 0 amide bonds. The summed E-state index contributed by atoms with van der Waals surface area (Å²) in [5.74, 6) is 2.71. The molecule has 2 atom stereocenters. The van der Waals surface area contributed by atoms with Gasteiger partial charge in [-0.25, -0.2) is 4.98 Å². The minimum absolute atomic E-state index is 0.228. The van der Waals surface area contributed by atoms with E-state index in [1.807, 2.05) is 6.92 Å². The van der Waals surface area contributed by atoms with E-state index in [4.69, 9.17) is 10.5 Å². The van der Waals surface area contributed by atoms with E-state index in [0.717, 1.165) is 37.1 Å². The molecule has 1 saturated carbocycles. The normalized spacial score (nSPS) is 24.8. The number of aryl methyl sites for hydroxylation is 1. The third-order valence-electron chi connectivity index (χ3n) is 4.28. The molecule has 4 heteroatoms. The Kier molecular flexibility index (Phi) is 4.74. The smallest absolute Gasteiger partial charge is 0.222 e. The Labute approximate surface area is 128 Å². The number of rotatable bonds is 4. The zero-order valence-electron chi connectivity index (χ0n) is 14.1. The highest BCUT2D eigenvalue weighted by Gasteiger charge is 2.33. The van der Waals surface area contributed by atoms with E-state index >= 15 is 0 Å². The van der Waals surface area contributed by atoms with Gasteiger partial charge in [-0.1, -0.05) is 27.7 Å². The highest BCUT2D eigenvalue weighted by atomic mass is 16.5. The lowest BCUT2D eigenvalue weighted by molar-refractivity contribution is 0.0525. The average Bonchev–Trinajstić information content (AvgIpc) is 2.33. The standard InChI is InChI=1S/C17H29N3O/c1-6-7-14-19-15(18)12(3)16(20-14)21-13-8-11(2)9-17(4,5)10-13/h11,13H,6-10H2,1-5H3,(H2,18,19,20). The SMILES string of the molecule is CCCc1nc(N)c(C)c(OC2CC(C)CC(C)(C)C2)n1. The average molecular weight is 291 g/mol. The number of anilines is 1. The Hall–Kier alpha value is -1.32. The van der Waals surface area contributed by atoms with Gasteiger partial charge in [-0.2, -0.15) is 4.98 Å². The summed E-state index contributed by atoms with van der Waals surface area (Å²) in [5.41, 5.74) is 7.21. The van der Waals surface area contributed by atoms with Crippen molar-refractivity contribution in [1.29, 1.82) is 0 Å². The zero-order chi connectivity index (χ0) is 15.6. The van der Waals surface area contributed by atoms with Gasteiger partial charge in [0.25, 0.3) is 0 Å². The Morgan fingerprint density at radius 1 is 1.29 bits per heavy atom. The molecule has 118 valence electrons. The van der Waals surface area contributed by atoms with Gasteiger partial charge in [0.1, 0.15) is 17.7 Å². The van der Waals surface area contributed by atoms with Crippen molar-refractivity contribution in [2.75, 3.05) is 5.73 Å². The molecule has 1 aliphatic carbocycles. The number of aromatic nitrogens is 2. The Morgan fingerprint density at radius 3 is 2.62 bits per heavy atom. The lowest BCUT2D eigenvalue weighted by Crippen LogP contribution is -2.34. The fourth-order valence-electron chi connectivity index (χ4n) is 3.51. The second-order valence-electron chi connectivity index (χ2n) is 7.36. The molecule has 1 aromatic heterocycles. The lowest BCUT2D eigenvalue weighted by atomic mass is 9.71. The quantitative estimate of drug-likeness (QED) is 0.913. The second-order valence-corrected chi connectivity index (χ2v) is 7.36. The van der Waals surface area contributed by atoms with Crippen LogP contribution >= 0.6 is 0 Å². The van der Waals surface area contributed by atoms with Gasteiger partial charge < -0.3 is 10.5 Å². The molecule has 21 heavy (non-hydrogen) atoms. The molecule has 0 saturated heterocycles. The fourth-order valence-corrected chi connectivity index (χ4v) is 3.51. The van der Waals surface area contributed by atoms with E-state index in [1.54, 1.807) is 0 Å². The molecule has 0 spiro atoms. The van der Waals surface area contributed by atoms with Crippen LogP contribution < -0.4 is 10.5 Å². The second kappa shape index (κ2) is 6.20. The summed E-state index contributed by atoms with van der Waals surface area (Å²) >= 11 is 0. The maximum atomic E-state index is 6.23. The van der Waals surface area contributed by atoms with Crippen molar-refractivity contribution >= 4 is 5.82 Å². The highest BCUT2D eigenvalue weighted by molar-refractivity contribution is 5.44. The van der Waals surface area contributed by atoms with Crippen LogP contribution in [0.15, 0.2) is 0 Å².